The van der Waals surface area contributed by atoms with Crippen molar-refractivity contribution in [1.29, 1.82) is 0 Å². The van der Waals surface area contributed by atoms with Gasteiger partial charge in [-0.3, -0.25) is 14.9 Å². The van der Waals surface area contributed by atoms with Crippen LogP contribution in [0, 0.1) is 10.1 Å². The Morgan fingerprint density at radius 3 is 2.52 bits per heavy atom. The van der Waals surface area contributed by atoms with Crippen LogP contribution >= 0.6 is 23.4 Å². The molecule has 1 aromatic heterocycles. The summed E-state index contributed by atoms with van der Waals surface area (Å²) in [6.07, 6.45) is 0. The number of anilines is 1. The van der Waals surface area contributed by atoms with Crippen molar-refractivity contribution >= 4 is 40.6 Å². The Bertz CT molecular complexity index is 1120. The van der Waals surface area contributed by atoms with Gasteiger partial charge in [0, 0.05) is 17.3 Å². The number of rotatable bonds is 6. The lowest BCUT2D eigenvalue weighted by atomic mass is 9.87. The van der Waals surface area contributed by atoms with Crippen molar-refractivity contribution in [2.75, 3.05) is 16.9 Å². The van der Waals surface area contributed by atoms with E-state index in [2.05, 4.69) is 36.3 Å². The molecule has 0 saturated carbocycles. The van der Waals surface area contributed by atoms with Crippen molar-refractivity contribution in [2.24, 2.45) is 0 Å². The number of nitrogens with zero attached hydrogens (tertiary/aromatic N) is 4. The van der Waals surface area contributed by atoms with Gasteiger partial charge in [0.2, 0.25) is 11.1 Å². The standard InChI is InChI=1S/C20H21ClN6O3S/c1-20(2,3)13-6-4-12(5-7-13)18-24-25-19(26(18)22)31-11-17(28)23-14-8-9-15(21)16(10-14)27(29)30/h4-10H,11,22H2,1-3H3,(H,23,28). The number of carbonyl (C=O) groups excluding carboxylic acids is 1. The second-order valence-corrected chi connectivity index (χ2v) is 9.11. The number of hydrogen-bond donors (Lipinski definition) is 2. The molecule has 0 aliphatic rings. The third-order valence-corrected chi connectivity index (χ3v) is 5.70. The predicted molar refractivity (Wildman–Crippen MR) is 122 cm³/mol. The molecule has 3 N–H and O–H groups in total. The zero-order valence-corrected chi connectivity index (χ0v) is 18.7. The van der Waals surface area contributed by atoms with Crippen molar-refractivity contribution in [3.63, 3.8) is 0 Å². The minimum atomic E-state index is -0.612. The molecule has 9 nitrogen and oxygen atoms in total. The van der Waals surface area contributed by atoms with E-state index in [0.717, 1.165) is 17.3 Å². The normalized spacial score (nSPS) is 11.4. The number of amides is 1. The van der Waals surface area contributed by atoms with Crippen molar-refractivity contribution in [3.8, 4) is 11.4 Å². The van der Waals surface area contributed by atoms with Crippen LogP contribution in [0.5, 0.6) is 0 Å². The third kappa shape index (κ3) is 5.33. The van der Waals surface area contributed by atoms with Crippen LogP contribution in [-0.2, 0) is 10.2 Å². The smallest absolute Gasteiger partial charge is 0.289 e. The van der Waals surface area contributed by atoms with E-state index in [1.807, 2.05) is 24.3 Å². The lowest BCUT2D eigenvalue weighted by Gasteiger charge is -2.19. The second-order valence-electron chi connectivity index (χ2n) is 7.76. The average Bonchev–Trinajstić information content (AvgIpc) is 3.07. The number of benzene rings is 2. The van der Waals surface area contributed by atoms with Gasteiger partial charge in [-0.25, -0.2) is 4.68 Å². The summed E-state index contributed by atoms with van der Waals surface area (Å²) in [6.45, 7) is 6.40. The summed E-state index contributed by atoms with van der Waals surface area (Å²) in [5.41, 5.74) is 2.03. The van der Waals surface area contributed by atoms with Crippen LogP contribution < -0.4 is 11.2 Å². The fourth-order valence-electron chi connectivity index (χ4n) is 2.75. The van der Waals surface area contributed by atoms with Gasteiger partial charge in [-0.1, -0.05) is 68.4 Å². The highest BCUT2D eigenvalue weighted by Gasteiger charge is 2.18. The molecule has 0 atom stereocenters. The maximum atomic E-state index is 12.2. The molecule has 31 heavy (non-hydrogen) atoms. The number of nitrogen functional groups attached to an aromatic ring is 1. The van der Waals surface area contributed by atoms with E-state index in [9.17, 15) is 14.9 Å². The topological polar surface area (TPSA) is 129 Å². The Morgan fingerprint density at radius 1 is 1.23 bits per heavy atom. The summed E-state index contributed by atoms with van der Waals surface area (Å²) in [7, 11) is 0. The SMILES string of the molecule is CC(C)(C)c1ccc(-c2nnc(SCC(=O)Nc3ccc(Cl)c([N+](=O)[O-])c3)n2N)cc1. The predicted octanol–water partition coefficient (Wildman–Crippen LogP) is 4.25. The van der Waals surface area contributed by atoms with Gasteiger partial charge >= 0.3 is 0 Å². The lowest BCUT2D eigenvalue weighted by Crippen LogP contribution is -2.16. The van der Waals surface area contributed by atoms with Crippen molar-refractivity contribution in [3.05, 3.63) is 63.2 Å². The molecule has 3 aromatic rings. The first kappa shape index (κ1) is 22.6. The van der Waals surface area contributed by atoms with E-state index in [1.165, 1.54) is 28.4 Å². The van der Waals surface area contributed by atoms with Crippen LogP contribution in [0.4, 0.5) is 11.4 Å². The van der Waals surface area contributed by atoms with E-state index in [1.54, 1.807) is 0 Å². The lowest BCUT2D eigenvalue weighted by molar-refractivity contribution is -0.384. The highest BCUT2D eigenvalue weighted by Crippen LogP contribution is 2.28. The molecule has 162 valence electrons. The Hall–Kier alpha value is -3.11. The number of aromatic nitrogens is 3. The van der Waals surface area contributed by atoms with Crippen LogP contribution in [0.2, 0.25) is 5.02 Å². The summed E-state index contributed by atoms with van der Waals surface area (Å²) in [4.78, 5) is 22.6. The Labute approximate surface area is 188 Å². The average molecular weight is 461 g/mol. The van der Waals surface area contributed by atoms with Gasteiger partial charge in [-0.05, 0) is 23.1 Å². The molecule has 0 unspecified atom stereocenters. The number of carbonyl (C=O) groups is 1. The highest BCUT2D eigenvalue weighted by atomic mass is 35.5. The molecular weight excluding hydrogens is 440 g/mol. The molecule has 0 saturated heterocycles. The summed E-state index contributed by atoms with van der Waals surface area (Å²) in [5, 5.41) is 22.1. The molecule has 0 fully saturated rings. The summed E-state index contributed by atoms with van der Waals surface area (Å²) in [6, 6.07) is 12.0. The maximum absolute atomic E-state index is 12.2. The molecule has 0 radical (unpaired) electrons. The zero-order valence-electron chi connectivity index (χ0n) is 17.1. The first-order chi connectivity index (χ1) is 14.6. The minimum absolute atomic E-state index is 0.00308. The Kier molecular flexibility index (Phi) is 6.51. The molecule has 3 rings (SSSR count). The number of nitro groups is 1. The van der Waals surface area contributed by atoms with Crippen LogP contribution in [0.15, 0.2) is 47.6 Å². The van der Waals surface area contributed by atoms with Gasteiger partial charge in [0.25, 0.3) is 5.69 Å². The molecule has 1 heterocycles. The van der Waals surface area contributed by atoms with E-state index in [4.69, 9.17) is 17.4 Å². The number of nitrogens with two attached hydrogens (primary N) is 1. The molecule has 0 spiro atoms. The van der Waals surface area contributed by atoms with E-state index in [0.29, 0.717) is 11.0 Å². The van der Waals surface area contributed by atoms with Crippen LogP contribution in [0.1, 0.15) is 26.3 Å². The number of nitrogens with one attached hydrogen (secondary N) is 1. The van der Waals surface area contributed by atoms with Gasteiger partial charge in [0.05, 0.1) is 10.7 Å². The molecular formula is C20H21ClN6O3S. The van der Waals surface area contributed by atoms with Gasteiger partial charge in [-0.15, -0.1) is 10.2 Å². The zero-order chi connectivity index (χ0) is 22.8. The molecule has 1 amide bonds. The summed E-state index contributed by atoms with van der Waals surface area (Å²) in [5.74, 6) is 6.22. The van der Waals surface area contributed by atoms with E-state index in [-0.39, 0.29) is 33.5 Å². The third-order valence-electron chi connectivity index (χ3n) is 4.43. The fraction of sp³-hybridized carbons (Fsp3) is 0.250. The second kappa shape index (κ2) is 8.94. The summed E-state index contributed by atoms with van der Waals surface area (Å²) >= 11 is 6.88. The first-order valence-electron chi connectivity index (χ1n) is 9.24. The number of nitro benzene ring substituents is 1. The number of halogens is 1. The largest absolute Gasteiger partial charge is 0.335 e. The first-order valence-corrected chi connectivity index (χ1v) is 10.6. The van der Waals surface area contributed by atoms with Crippen LogP contribution in [0.25, 0.3) is 11.4 Å². The number of hydrogen-bond acceptors (Lipinski definition) is 7. The number of thioether (sulfide) groups is 1. The van der Waals surface area contributed by atoms with Crippen molar-refractivity contribution < 1.29 is 9.72 Å². The van der Waals surface area contributed by atoms with Crippen LogP contribution in [0.3, 0.4) is 0 Å². The maximum Gasteiger partial charge on any atom is 0.289 e. The van der Waals surface area contributed by atoms with E-state index >= 15 is 0 Å². The van der Waals surface area contributed by atoms with Gasteiger partial charge < -0.3 is 11.2 Å². The van der Waals surface area contributed by atoms with Crippen LogP contribution in [-0.4, -0.2) is 31.5 Å². The van der Waals surface area contributed by atoms with Gasteiger partial charge in [0.15, 0.2) is 5.82 Å². The van der Waals surface area contributed by atoms with Gasteiger partial charge in [-0.2, -0.15) is 0 Å². The fourth-order valence-corrected chi connectivity index (χ4v) is 3.59. The Morgan fingerprint density at radius 2 is 1.90 bits per heavy atom. The molecule has 0 bridgehead atoms. The van der Waals surface area contributed by atoms with E-state index < -0.39 is 4.92 Å². The quantitative estimate of drug-likeness (QED) is 0.243. The summed E-state index contributed by atoms with van der Waals surface area (Å²) < 4.78 is 1.33. The van der Waals surface area contributed by atoms with Gasteiger partial charge in [0.1, 0.15) is 5.02 Å². The van der Waals surface area contributed by atoms with Crippen molar-refractivity contribution in [2.45, 2.75) is 31.3 Å². The Balaban J connectivity index is 1.65. The minimum Gasteiger partial charge on any atom is -0.335 e. The molecule has 0 aliphatic heterocycles. The molecule has 0 aliphatic carbocycles. The monoisotopic (exact) mass is 460 g/mol. The molecule has 11 heteroatoms. The molecule has 2 aromatic carbocycles. The highest BCUT2D eigenvalue weighted by molar-refractivity contribution is 7.99. The van der Waals surface area contributed by atoms with Crippen molar-refractivity contribution in [1.82, 2.24) is 14.9 Å².